The summed E-state index contributed by atoms with van der Waals surface area (Å²) in [5.41, 5.74) is 2.81. The minimum Gasteiger partial charge on any atom is -0.462 e. The first-order chi connectivity index (χ1) is 16.3. The van der Waals surface area contributed by atoms with Gasteiger partial charge in [0, 0.05) is 11.4 Å². The lowest BCUT2D eigenvalue weighted by molar-refractivity contribution is -0.119. The molecule has 10 heteroatoms. The number of nitrogens with zero attached hydrogens (tertiary/aromatic N) is 2. The van der Waals surface area contributed by atoms with E-state index < -0.39 is 24.5 Å². The molecule has 4 rings (SSSR count). The van der Waals surface area contributed by atoms with E-state index in [0.717, 1.165) is 29.7 Å². The van der Waals surface area contributed by atoms with Gasteiger partial charge >= 0.3 is 11.9 Å². The molecule has 178 valence electrons. The molecule has 0 radical (unpaired) electrons. The summed E-state index contributed by atoms with van der Waals surface area (Å²) in [4.78, 5) is 55.1. The number of rotatable bonds is 7. The molecule has 34 heavy (non-hydrogen) atoms. The number of fused-ring (bicyclic) bond motifs is 2. The molecule has 0 atom stereocenters. The summed E-state index contributed by atoms with van der Waals surface area (Å²) in [7, 11) is 0. The van der Waals surface area contributed by atoms with Crippen LogP contribution in [0.25, 0.3) is 11.0 Å². The van der Waals surface area contributed by atoms with Gasteiger partial charge in [-0.2, -0.15) is 0 Å². The van der Waals surface area contributed by atoms with E-state index in [4.69, 9.17) is 9.47 Å². The highest BCUT2D eigenvalue weighted by Crippen LogP contribution is 2.39. The lowest BCUT2D eigenvalue weighted by atomic mass is 10.1. The van der Waals surface area contributed by atoms with Crippen LogP contribution in [-0.2, 0) is 33.7 Å². The number of aromatic nitrogens is 2. The van der Waals surface area contributed by atoms with Gasteiger partial charge in [0.05, 0.1) is 28.8 Å². The number of thiophene rings is 1. The Morgan fingerprint density at radius 2 is 1.94 bits per heavy atom. The lowest BCUT2D eigenvalue weighted by Gasteiger charge is -2.10. The highest BCUT2D eigenvalue weighted by atomic mass is 32.1. The number of carbonyl (C=O) groups is 3. The molecule has 1 N–H and O–H groups in total. The van der Waals surface area contributed by atoms with Crippen molar-refractivity contribution in [3.8, 4) is 0 Å². The molecule has 1 aliphatic carbocycles. The topological polar surface area (TPSA) is 117 Å². The fourth-order valence-corrected chi connectivity index (χ4v) is 5.40. The van der Waals surface area contributed by atoms with E-state index in [2.05, 4.69) is 10.3 Å². The first-order valence-electron chi connectivity index (χ1n) is 11.1. The van der Waals surface area contributed by atoms with Crippen LogP contribution in [0.15, 0.2) is 23.0 Å². The molecule has 0 bridgehead atoms. The monoisotopic (exact) mass is 483 g/mol. The molecule has 1 amide bonds. The molecule has 2 aromatic heterocycles. The number of hydrogen-bond donors (Lipinski definition) is 1. The Morgan fingerprint density at radius 1 is 1.15 bits per heavy atom. The van der Waals surface area contributed by atoms with Gasteiger partial charge in [-0.05, 0) is 63.8 Å². The van der Waals surface area contributed by atoms with Gasteiger partial charge in [-0.15, -0.1) is 11.3 Å². The molecule has 3 aromatic rings. The van der Waals surface area contributed by atoms with Crippen LogP contribution in [0.5, 0.6) is 0 Å². The normalized spacial score (nSPS) is 12.4. The molecule has 0 unspecified atom stereocenters. The number of esters is 2. The second-order valence-electron chi connectivity index (χ2n) is 7.86. The second-order valence-corrected chi connectivity index (χ2v) is 8.96. The van der Waals surface area contributed by atoms with Gasteiger partial charge in [0.2, 0.25) is 0 Å². The van der Waals surface area contributed by atoms with Crippen molar-refractivity contribution in [1.82, 2.24) is 9.55 Å². The molecule has 0 saturated heterocycles. The summed E-state index contributed by atoms with van der Waals surface area (Å²) in [5.74, 6) is -1.70. The summed E-state index contributed by atoms with van der Waals surface area (Å²) >= 11 is 1.36. The molecule has 1 aromatic carbocycles. The lowest BCUT2D eigenvalue weighted by Crippen LogP contribution is -2.24. The SMILES string of the molecule is CCOC(=O)c1c(NC(=O)COC(=O)c2ccc3c(c2)nc(C)c(=O)n3CC)sc2c1CCC2. The molecule has 0 fully saturated rings. The van der Waals surface area contributed by atoms with E-state index in [1.54, 1.807) is 24.5 Å². The molecule has 1 aliphatic rings. The average molecular weight is 484 g/mol. The zero-order valence-corrected chi connectivity index (χ0v) is 20.0. The second kappa shape index (κ2) is 9.76. The van der Waals surface area contributed by atoms with E-state index in [0.29, 0.717) is 33.8 Å². The zero-order chi connectivity index (χ0) is 24.4. The van der Waals surface area contributed by atoms with Crippen molar-refractivity contribution < 1.29 is 23.9 Å². The van der Waals surface area contributed by atoms with Gasteiger partial charge in [0.25, 0.3) is 11.5 Å². The van der Waals surface area contributed by atoms with Crippen molar-refractivity contribution in [3.05, 3.63) is 55.8 Å². The van der Waals surface area contributed by atoms with Crippen LogP contribution in [-0.4, -0.2) is 40.6 Å². The third kappa shape index (κ3) is 4.45. The van der Waals surface area contributed by atoms with E-state index in [-0.39, 0.29) is 17.7 Å². The third-order valence-electron chi connectivity index (χ3n) is 5.65. The maximum Gasteiger partial charge on any atom is 0.341 e. The van der Waals surface area contributed by atoms with E-state index >= 15 is 0 Å². The molecule has 0 spiro atoms. The Bertz CT molecular complexity index is 1360. The van der Waals surface area contributed by atoms with Crippen molar-refractivity contribution in [2.75, 3.05) is 18.5 Å². The van der Waals surface area contributed by atoms with E-state index in [1.807, 2.05) is 6.92 Å². The van der Waals surface area contributed by atoms with Crippen molar-refractivity contribution in [2.24, 2.45) is 0 Å². The van der Waals surface area contributed by atoms with Crippen LogP contribution in [0.3, 0.4) is 0 Å². The first-order valence-corrected chi connectivity index (χ1v) is 12.0. The number of carbonyl (C=O) groups excluding carboxylic acids is 3. The fourth-order valence-electron chi connectivity index (χ4n) is 4.10. The van der Waals surface area contributed by atoms with Crippen LogP contribution in [0, 0.1) is 6.92 Å². The quantitative estimate of drug-likeness (QED) is 0.513. The standard InChI is InChI=1S/C24H25N3O6S/c1-4-27-17-10-9-14(11-16(17)25-13(3)22(27)29)23(30)33-12-19(28)26-21-20(24(31)32-5-2)15-7-6-8-18(15)34-21/h9-11H,4-8,12H2,1-3H3,(H,26,28). The van der Waals surface area contributed by atoms with Crippen LogP contribution < -0.4 is 10.9 Å². The maximum absolute atomic E-state index is 12.6. The number of anilines is 1. The summed E-state index contributed by atoms with van der Waals surface area (Å²) in [5, 5.41) is 3.12. The molecule has 9 nitrogen and oxygen atoms in total. The Kier molecular flexibility index (Phi) is 6.78. The largest absolute Gasteiger partial charge is 0.462 e. The van der Waals surface area contributed by atoms with Crippen LogP contribution >= 0.6 is 11.3 Å². The van der Waals surface area contributed by atoms with Gasteiger partial charge in [-0.1, -0.05) is 0 Å². The van der Waals surface area contributed by atoms with Crippen molar-refractivity contribution >= 4 is 45.2 Å². The fraction of sp³-hybridized carbons (Fsp3) is 0.375. The highest BCUT2D eigenvalue weighted by Gasteiger charge is 2.28. The number of aryl methyl sites for hydroxylation is 3. The first kappa shape index (κ1) is 23.6. The minimum absolute atomic E-state index is 0.177. The number of nitrogens with one attached hydrogen (secondary N) is 1. The van der Waals surface area contributed by atoms with Crippen LogP contribution in [0.4, 0.5) is 5.00 Å². The smallest absolute Gasteiger partial charge is 0.341 e. The van der Waals surface area contributed by atoms with Crippen LogP contribution in [0.2, 0.25) is 0 Å². The molecule has 0 aliphatic heterocycles. The Morgan fingerprint density at radius 3 is 2.68 bits per heavy atom. The summed E-state index contributed by atoms with van der Waals surface area (Å²) in [6.45, 7) is 5.41. The Balaban J connectivity index is 1.46. The van der Waals surface area contributed by atoms with Crippen molar-refractivity contribution in [3.63, 3.8) is 0 Å². The molecule has 0 saturated carbocycles. The van der Waals surface area contributed by atoms with Gasteiger partial charge in [-0.25, -0.2) is 14.6 Å². The summed E-state index contributed by atoms with van der Waals surface area (Å²) < 4.78 is 11.9. The van der Waals surface area contributed by atoms with Gasteiger partial charge < -0.3 is 19.4 Å². The zero-order valence-electron chi connectivity index (χ0n) is 19.2. The van der Waals surface area contributed by atoms with E-state index in [9.17, 15) is 19.2 Å². The maximum atomic E-state index is 12.6. The highest BCUT2D eigenvalue weighted by molar-refractivity contribution is 7.17. The summed E-state index contributed by atoms with van der Waals surface area (Å²) in [6, 6.07) is 4.72. The molecule has 2 heterocycles. The predicted octanol–water partition coefficient (Wildman–Crippen LogP) is 3.25. The average Bonchev–Trinajstić information content (AvgIpc) is 3.39. The number of amides is 1. The van der Waals surface area contributed by atoms with Gasteiger partial charge in [-0.3, -0.25) is 9.59 Å². The minimum atomic E-state index is -0.690. The number of ether oxygens (including phenoxy) is 2. The Labute approximate surface area is 199 Å². The van der Waals surface area contributed by atoms with Crippen molar-refractivity contribution in [2.45, 2.75) is 46.6 Å². The van der Waals surface area contributed by atoms with Gasteiger partial charge in [0.1, 0.15) is 10.7 Å². The molecular formula is C24H25N3O6S. The number of benzene rings is 1. The summed E-state index contributed by atoms with van der Waals surface area (Å²) in [6.07, 6.45) is 2.60. The predicted molar refractivity (Wildman–Crippen MR) is 128 cm³/mol. The van der Waals surface area contributed by atoms with Crippen LogP contribution in [0.1, 0.15) is 57.1 Å². The molecular weight excluding hydrogens is 458 g/mol. The van der Waals surface area contributed by atoms with Gasteiger partial charge in [0.15, 0.2) is 6.61 Å². The van der Waals surface area contributed by atoms with Crippen molar-refractivity contribution in [1.29, 1.82) is 0 Å². The van der Waals surface area contributed by atoms with E-state index in [1.165, 1.54) is 23.5 Å². The number of hydrogen-bond acceptors (Lipinski definition) is 8. The third-order valence-corrected chi connectivity index (χ3v) is 6.86. The Hall–Kier alpha value is -3.53.